The van der Waals surface area contributed by atoms with Crippen molar-refractivity contribution in [2.24, 2.45) is 0 Å². The van der Waals surface area contributed by atoms with E-state index in [1.807, 2.05) is 18.2 Å². The standard InChI is InChI=1S/C18H20O3/c1-2-4-15-7-9-17(10-8-15)20-11-12-21-18-6-3-5-16(13-18)14-19/h3,5-10,13-14H,2,4,11-12H2,1H3. The average molecular weight is 284 g/mol. The molecule has 2 aromatic rings. The van der Waals surface area contributed by atoms with Crippen LogP contribution in [0.25, 0.3) is 0 Å². The normalized spacial score (nSPS) is 10.1. The molecule has 2 rings (SSSR count). The summed E-state index contributed by atoms with van der Waals surface area (Å²) in [4.78, 5) is 10.7. The summed E-state index contributed by atoms with van der Waals surface area (Å²) >= 11 is 0. The van der Waals surface area contributed by atoms with Crippen molar-refractivity contribution in [3.05, 3.63) is 59.7 Å². The molecule has 0 aromatic heterocycles. The zero-order valence-corrected chi connectivity index (χ0v) is 12.2. The van der Waals surface area contributed by atoms with Crippen LogP contribution in [0.2, 0.25) is 0 Å². The summed E-state index contributed by atoms with van der Waals surface area (Å²) in [6.45, 7) is 3.08. The van der Waals surface area contributed by atoms with E-state index in [2.05, 4.69) is 19.1 Å². The minimum Gasteiger partial charge on any atom is -0.490 e. The Kier molecular flexibility index (Phi) is 5.83. The van der Waals surface area contributed by atoms with Gasteiger partial charge in [-0.25, -0.2) is 0 Å². The van der Waals surface area contributed by atoms with Crippen LogP contribution in [0.4, 0.5) is 0 Å². The Morgan fingerprint density at radius 3 is 2.33 bits per heavy atom. The highest BCUT2D eigenvalue weighted by Gasteiger charge is 1.98. The first-order chi connectivity index (χ1) is 10.3. The Balaban J connectivity index is 1.75. The number of hydrogen-bond donors (Lipinski definition) is 0. The number of ether oxygens (including phenoxy) is 2. The van der Waals surface area contributed by atoms with Crippen LogP contribution in [-0.4, -0.2) is 19.5 Å². The zero-order chi connectivity index (χ0) is 14.9. The van der Waals surface area contributed by atoms with Crippen molar-refractivity contribution in [2.75, 3.05) is 13.2 Å². The van der Waals surface area contributed by atoms with Crippen molar-refractivity contribution in [1.29, 1.82) is 0 Å². The predicted octanol–water partition coefficient (Wildman–Crippen LogP) is 3.91. The summed E-state index contributed by atoms with van der Waals surface area (Å²) in [5, 5.41) is 0. The van der Waals surface area contributed by atoms with Gasteiger partial charge in [0.2, 0.25) is 0 Å². The van der Waals surface area contributed by atoms with E-state index in [1.54, 1.807) is 18.2 Å². The van der Waals surface area contributed by atoms with E-state index in [0.717, 1.165) is 24.9 Å². The molecule has 3 heteroatoms. The van der Waals surface area contributed by atoms with E-state index < -0.39 is 0 Å². The van der Waals surface area contributed by atoms with Gasteiger partial charge in [-0.3, -0.25) is 4.79 Å². The molecule has 0 saturated carbocycles. The molecule has 0 radical (unpaired) electrons. The molecule has 0 aliphatic carbocycles. The highest BCUT2D eigenvalue weighted by Crippen LogP contribution is 2.14. The molecule has 0 N–H and O–H groups in total. The minimum absolute atomic E-state index is 0.443. The molecule has 0 amide bonds. The van der Waals surface area contributed by atoms with Crippen molar-refractivity contribution in [3.8, 4) is 11.5 Å². The Bertz CT molecular complexity index is 561. The summed E-state index contributed by atoms with van der Waals surface area (Å²) in [5.41, 5.74) is 1.94. The first kappa shape index (κ1) is 15.1. The van der Waals surface area contributed by atoms with Crippen LogP contribution in [0.1, 0.15) is 29.3 Å². The Labute approximate surface area is 125 Å². The van der Waals surface area contributed by atoms with E-state index in [-0.39, 0.29) is 0 Å². The maximum Gasteiger partial charge on any atom is 0.150 e. The van der Waals surface area contributed by atoms with E-state index in [9.17, 15) is 4.79 Å². The fourth-order valence-electron chi connectivity index (χ4n) is 2.04. The van der Waals surface area contributed by atoms with Gasteiger partial charge in [0.15, 0.2) is 0 Å². The third-order valence-electron chi connectivity index (χ3n) is 3.08. The van der Waals surface area contributed by atoms with Crippen molar-refractivity contribution in [2.45, 2.75) is 19.8 Å². The van der Waals surface area contributed by atoms with Crippen LogP contribution >= 0.6 is 0 Å². The van der Waals surface area contributed by atoms with Crippen molar-refractivity contribution in [1.82, 2.24) is 0 Å². The molecule has 0 spiro atoms. The molecule has 0 bridgehead atoms. The summed E-state index contributed by atoms with van der Waals surface area (Å²) < 4.78 is 11.2. The fourth-order valence-corrected chi connectivity index (χ4v) is 2.04. The molecule has 2 aromatic carbocycles. The molecular formula is C18H20O3. The number of aryl methyl sites for hydroxylation is 1. The van der Waals surface area contributed by atoms with E-state index in [4.69, 9.17) is 9.47 Å². The molecule has 0 fully saturated rings. The number of carbonyl (C=O) groups is 1. The predicted molar refractivity (Wildman–Crippen MR) is 83.3 cm³/mol. The molecule has 21 heavy (non-hydrogen) atoms. The van der Waals surface area contributed by atoms with E-state index in [0.29, 0.717) is 24.5 Å². The number of rotatable bonds is 8. The van der Waals surface area contributed by atoms with Gasteiger partial charge in [0.05, 0.1) is 0 Å². The van der Waals surface area contributed by atoms with E-state index in [1.165, 1.54) is 5.56 Å². The lowest BCUT2D eigenvalue weighted by molar-refractivity contribution is 0.112. The van der Waals surface area contributed by atoms with Gasteiger partial charge in [0, 0.05) is 5.56 Å². The summed E-state index contributed by atoms with van der Waals surface area (Å²) in [7, 11) is 0. The second-order valence-corrected chi connectivity index (χ2v) is 4.78. The lowest BCUT2D eigenvalue weighted by Gasteiger charge is -2.09. The summed E-state index contributed by atoms with van der Waals surface area (Å²) in [5.74, 6) is 1.53. The molecule has 110 valence electrons. The Hall–Kier alpha value is -2.29. The number of carbonyl (C=O) groups excluding carboxylic acids is 1. The first-order valence-electron chi connectivity index (χ1n) is 7.21. The molecule has 0 aliphatic heterocycles. The van der Waals surface area contributed by atoms with Crippen LogP contribution < -0.4 is 9.47 Å². The quantitative estimate of drug-likeness (QED) is 0.544. The molecule has 3 nitrogen and oxygen atoms in total. The SMILES string of the molecule is CCCc1ccc(OCCOc2cccc(C=O)c2)cc1. The van der Waals surface area contributed by atoms with Gasteiger partial charge in [-0.15, -0.1) is 0 Å². The summed E-state index contributed by atoms with van der Waals surface area (Å²) in [6, 6.07) is 15.2. The van der Waals surface area contributed by atoms with E-state index >= 15 is 0 Å². The van der Waals surface area contributed by atoms with Gasteiger partial charge in [-0.2, -0.15) is 0 Å². The van der Waals surface area contributed by atoms with Crippen molar-refractivity contribution in [3.63, 3.8) is 0 Å². The van der Waals surface area contributed by atoms with Crippen molar-refractivity contribution >= 4 is 6.29 Å². The zero-order valence-electron chi connectivity index (χ0n) is 12.2. The fraction of sp³-hybridized carbons (Fsp3) is 0.278. The number of hydrogen-bond acceptors (Lipinski definition) is 3. The monoisotopic (exact) mass is 284 g/mol. The first-order valence-corrected chi connectivity index (χ1v) is 7.21. The summed E-state index contributed by atoms with van der Waals surface area (Å²) in [6.07, 6.45) is 3.05. The average Bonchev–Trinajstić information content (AvgIpc) is 2.53. The second-order valence-electron chi connectivity index (χ2n) is 4.78. The third-order valence-corrected chi connectivity index (χ3v) is 3.08. The third kappa shape index (κ3) is 4.95. The van der Waals surface area contributed by atoms with Crippen LogP contribution in [0.15, 0.2) is 48.5 Å². The highest BCUT2D eigenvalue weighted by molar-refractivity contribution is 5.75. The van der Waals surface area contributed by atoms with Gasteiger partial charge < -0.3 is 9.47 Å². The lowest BCUT2D eigenvalue weighted by atomic mass is 10.1. The number of benzene rings is 2. The molecular weight excluding hydrogens is 264 g/mol. The highest BCUT2D eigenvalue weighted by atomic mass is 16.5. The molecule has 0 saturated heterocycles. The Morgan fingerprint density at radius 1 is 0.952 bits per heavy atom. The topological polar surface area (TPSA) is 35.5 Å². The molecule has 0 aliphatic rings. The smallest absolute Gasteiger partial charge is 0.150 e. The van der Waals surface area contributed by atoms with Gasteiger partial charge in [0.1, 0.15) is 31.0 Å². The number of aldehydes is 1. The molecule has 0 heterocycles. The molecule has 0 unspecified atom stereocenters. The van der Waals surface area contributed by atoms with Crippen LogP contribution in [0.3, 0.4) is 0 Å². The van der Waals surface area contributed by atoms with Crippen LogP contribution in [-0.2, 0) is 6.42 Å². The molecule has 0 atom stereocenters. The maximum atomic E-state index is 10.7. The van der Waals surface area contributed by atoms with Crippen LogP contribution in [0.5, 0.6) is 11.5 Å². The van der Waals surface area contributed by atoms with Gasteiger partial charge in [-0.1, -0.05) is 37.6 Å². The van der Waals surface area contributed by atoms with Gasteiger partial charge in [-0.05, 0) is 36.2 Å². The lowest BCUT2D eigenvalue weighted by Crippen LogP contribution is -2.09. The van der Waals surface area contributed by atoms with Crippen molar-refractivity contribution < 1.29 is 14.3 Å². The van der Waals surface area contributed by atoms with Gasteiger partial charge in [0.25, 0.3) is 0 Å². The maximum absolute atomic E-state index is 10.7. The largest absolute Gasteiger partial charge is 0.490 e. The Morgan fingerprint density at radius 2 is 1.67 bits per heavy atom. The van der Waals surface area contributed by atoms with Gasteiger partial charge >= 0.3 is 0 Å². The van der Waals surface area contributed by atoms with Crippen LogP contribution in [0, 0.1) is 0 Å². The minimum atomic E-state index is 0.443. The second kappa shape index (κ2) is 8.10.